The van der Waals surface area contributed by atoms with Crippen LogP contribution in [0.5, 0.6) is 5.88 Å². The van der Waals surface area contributed by atoms with Crippen LogP contribution < -0.4 is 20.3 Å². The normalized spacial score (nSPS) is 20.9. The highest BCUT2D eigenvalue weighted by atomic mass is 19.4. The van der Waals surface area contributed by atoms with Gasteiger partial charge in [0.15, 0.2) is 0 Å². The first-order valence-corrected chi connectivity index (χ1v) is 11.5. The zero-order valence-corrected chi connectivity index (χ0v) is 19.1. The van der Waals surface area contributed by atoms with Crippen LogP contribution in [-0.4, -0.2) is 59.6 Å². The van der Waals surface area contributed by atoms with Crippen LogP contribution in [0.4, 0.5) is 29.6 Å². The third-order valence-electron chi connectivity index (χ3n) is 6.05. The monoisotopic (exact) mass is 495 g/mol. The van der Waals surface area contributed by atoms with Gasteiger partial charge < -0.3 is 30.1 Å². The molecule has 1 saturated heterocycles. The number of ether oxygens (including phenoxy) is 2. The summed E-state index contributed by atoms with van der Waals surface area (Å²) in [5.41, 5.74) is -1.22. The molecule has 1 aliphatic heterocycles. The molecule has 1 aromatic carbocycles. The highest BCUT2D eigenvalue weighted by Crippen LogP contribution is 2.34. The van der Waals surface area contributed by atoms with Gasteiger partial charge in [0.1, 0.15) is 6.10 Å². The summed E-state index contributed by atoms with van der Waals surface area (Å²) in [6.07, 6.45) is -0.285. The van der Waals surface area contributed by atoms with Crippen LogP contribution in [0, 0.1) is 0 Å². The summed E-state index contributed by atoms with van der Waals surface area (Å²) in [6.45, 7) is 1.99. The van der Waals surface area contributed by atoms with Crippen LogP contribution in [0.2, 0.25) is 0 Å². The molecular weight excluding hydrogens is 467 g/mol. The second-order valence-electron chi connectivity index (χ2n) is 8.51. The molecule has 0 unspecified atom stereocenters. The van der Waals surface area contributed by atoms with E-state index in [0.717, 1.165) is 25.2 Å². The molecule has 2 fully saturated rings. The third-order valence-corrected chi connectivity index (χ3v) is 6.05. The zero-order valence-electron chi connectivity index (χ0n) is 19.1. The molecule has 3 N–H and O–H groups in total. The van der Waals surface area contributed by atoms with Crippen molar-refractivity contribution in [2.45, 2.75) is 50.6 Å². The molecule has 2 amide bonds. The Hall–Kier alpha value is -3.12. The van der Waals surface area contributed by atoms with E-state index < -0.39 is 24.4 Å². The number of anilines is 2. The Kier molecular flexibility index (Phi) is 7.91. The van der Waals surface area contributed by atoms with Crippen molar-refractivity contribution >= 4 is 17.7 Å². The van der Waals surface area contributed by atoms with E-state index in [4.69, 9.17) is 14.6 Å². The average molecular weight is 496 g/mol. The summed E-state index contributed by atoms with van der Waals surface area (Å²) >= 11 is 0. The second-order valence-corrected chi connectivity index (χ2v) is 8.51. The summed E-state index contributed by atoms with van der Waals surface area (Å²) < 4.78 is 50.9. The van der Waals surface area contributed by atoms with Crippen LogP contribution in [0.1, 0.15) is 36.8 Å². The minimum absolute atomic E-state index is 0.00359. The molecule has 12 heteroatoms. The van der Waals surface area contributed by atoms with Gasteiger partial charge in [-0.25, -0.2) is 9.78 Å². The highest BCUT2D eigenvalue weighted by Gasteiger charge is 2.33. The number of aliphatic hydroxyl groups excluding tert-OH is 1. The average Bonchev–Trinajstić information content (AvgIpc) is 2.85. The summed E-state index contributed by atoms with van der Waals surface area (Å²) in [4.78, 5) is 23.2. The molecule has 2 aliphatic rings. The lowest BCUT2D eigenvalue weighted by molar-refractivity contribution is -0.138. The van der Waals surface area contributed by atoms with Crippen molar-refractivity contribution in [3.63, 3.8) is 0 Å². The van der Waals surface area contributed by atoms with Gasteiger partial charge in [-0.3, -0.25) is 0 Å². The Balaban J connectivity index is 1.25. The highest BCUT2D eigenvalue weighted by molar-refractivity contribution is 5.89. The molecule has 2 aromatic rings. The first-order valence-electron chi connectivity index (χ1n) is 11.5. The van der Waals surface area contributed by atoms with Gasteiger partial charge in [0, 0.05) is 37.1 Å². The molecule has 1 aromatic heterocycles. The maximum Gasteiger partial charge on any atom is 0.416 e. The van der Waals surface area contributed by atoms with Crippen molar-refractivity contribution < 1.29 is 32.5 Å². The second kappa shape index (κ2) is 11.1. The van der Waals surface area contributed by atoms with Gasteiger partial charge in [-0.2, -0.15) is 18.2 Å². The van der Waals surface area contributed by atoms with Crippen LogP contribution >= 0.6 is 0 Å². The Bertz CT molecular complexity index is 1010. The lowest BCUT2D eigenvalue weighted by Gasteiger charge is -2.30. The minimum atomic E-state index is -4.63. The molecule has 0 radical (unpaired) electrons. The van der Waals surface area contributed by atoms with E-state index in [0.29, 0.717) is 50.7 Å². The number of nitrogens with zero attached hydrogens (tertiary/aromatic N) is 3. The molecule has 0 spiro atoms. The van der Waals surface area contributed by atoms with Crippen LogP contribution in [0.25, 0.3) is 0 Å². The van der Waals surface area contributed by atoms with Crippen molar-refractivity contribution in [2.24, 2.45) is 0 Å². The topological polar surface area (TPSA) is 109 Å². The molecule has 0 atom stereocenters. The van der Waals surface area contributed by atoms with E-state index in [2.05, 4.69) is 20.6 Å². The number of aliphatic hydroxyl groups is 1. The molecule has 1 aliphatic carbocycles. The Morgan fingerprint density at radius 3 is 2.60 bits per heavy atom. The number of aromatic nitrogens is 2. The number of hydrogen-bond donors (Lipinski definition) is 3. The lowest BCUT2D eigenvalue weighted by Crippen LogP contribution is -2.41. The first kappa shape index (κ1) is 25.0. The fourth-order valence-electron chi connectivity index (χ4n) is 4.22. The third kappa shape index (κ3) is 6.73. The van der Waals surface area contributed by atoms with E-state index in [1.807, 2.05) is 4.90 Å². The minimum Gasteiger partial charge on any atom is -0.474 e. The molecule has 0 bridgehead atoms. The standard InChI is InChI=1S/C23H28F3N5O4/c24-23(25,26)19-13-17(2-1-15(19)14-32)29-22(33)28-16-3-5-18(6-4-16)35-20-7-8-27-21(30-20)31-9-11-34-12-10-31/h1-2,7-8,13,16,18,32H,3-6,9-12,14H2,(H2,28,29,33). The fourth-order valence-corrected chi connectivity index (χ4v) is 4.22. The fraction of sp³-hybridized carbons (Fsp3) is 0.522. The van der Waals surface area contributed by atoms with E-state index in [-0.39, 0.29) is 23.4 Å². The quantitative estimate of drug-likeness (QED) is 0.564. The van der Waals surface area contributed by atoms with Crippen molar-refractivity contribution in [3.05, 3.63) is 41.6 Å². The van der Waals surface area contributed by atoms with Crippen molar-refractivity contribution in [3.8, 4) is 5.88 Å². The van der Waals surface area contributed by atoms with E-state index in [9.17, 15) is 18.0 Å². The van der Waals surface area contributed by atoms with Gasteiger partial charge >= 0.3 is 12.2 Å². The van der Waals surface area contributed by atoms with Crippen LogP contribution in [0.3, 0.4) is 0 Å². The number of rotatable bonds is 6. The van der Waals surface area contributed by atoms with Gasteiger partial charge in [-0.1, -0.05) is 6.07 Å². The molecule has 190 valence electrons. The van der Waals surface area contributed by atoms with Crippen molar-refractivity contribution in [1.82, 2.24) is 15.3 Å². The lowest BCUT2D eigenvalue weighted by atomic mass is 9.93. The molecule has 35 heavy (non-hydrogen) atoms. The van der Waals surface area contributed by atoms with Crippen LogP contribution in [-0.2, 0) is 17.5 Å². The van der Waals surface area contributed by atoms with E-state index in [1.165, 1.54) is 6.07 Å². The molecule has 4 rings (SSSR count). The summed E-state index contributed by atoms with van der Waals surface area (Å²) in [5.74, 6) is 1.11. The molecular formula is C23H28F3N5O4. The SMILES string of the molecule is O=C(Nc1ccc(CO)c(C(F)(F)F)c1)NC1CCC(Oc2ccnc(N3CCOCC3)n2)CC1. The summed E-state index contributed by atoms with van der Waals surface area (Å²) in [7, 11) is 0. The van der Waals surface area contributed by atoms with Gasteiger partial charge in [0.2, 0.25) is 11.8 Å². The molecule has 2 heterocycles. The number of amides is 2. The Morgan fingerprint density at radius 2 is 1.91 bits per heavy atom. The number of nitrogens with one attached hydrogen (secondary N) is 2. The predicted octanol–water partition coefficient (Wildman–Crippen LogP) is 3.34. The largest absolute Gasteiger partial charge is 0.474 e. The number of alkyl halides is 3. The van der Waals surface area contributed by atoms with E-state index >= 15 is 0 Å². The first-order chi connectivity index (χ1) is 16.8. The number of benzene rings is 1. The number of carbonyl (C=O) groups is 1. The Labute approximate surface area is 200 Å². The molecule has 1 saturated carbocycles. The van der Waals surface area contributed by atoms with Gasteiger partial charge in [0.05, 0.1) is 25.4 Å². The predicted molar refractivity (Wildman–Crippen MR) is 121 cm³/mol. The smallest absolute Gasteiger partial charge is 0.416 e. The number of urea groups is 1. The van der Waals surface area contributed by atoms with Crippen molar-refractivity contribution in [2.75, 3.05) is 36.5 Å². The zero-order chi connectivity index (χ0) is 24.8. The number of hydrogen-bond acceptors (Lipinski definition) is 7. The molecule has 9 nitrogen and oxygen atoms in total. The number of halogens is 3. The van der Waals surface area contributed by atoms with Gasteiger partial charge in [-0.15, -0.1) is 0 Å². The summed E-state index contributed by atoms with van der Waals surface area (Å²) in [6, 6.07) is 4.33. The van der Waals surface area contributed by atoms with Crippen LogP contribution in [0.15, 0.2) is 30.5 Å². The van der Waals surface area contributed by atoms with Gasteiger partial charge in [0.25, 0.3) is 0 Å². The van der Waals surface area contributed by atoms with Crippen molar-refractivity contribution in [1.29, 1.82) is 0 Å². The maximum atomic E-state index is 13.2. The maximum absolute atomic E-state index is 13.2. The number of morpholine rings is 1. The van der Waals surface area contributed by atoms with E-state index in [1.54, 1.807) is 12.3 Å². The summed E-state index contributed by atoms with van der Waals surface area (Å²) in [5, 5.41) is 14.4. The Morgan fingerprint density at radius 1 is 1.17 bits per heavy atom. The van der Waals surface area contributed by atoms with Gasteiger partial charge in [-0.05, 0) is 43.4 Å². The number of carbonyl (C=O) groups excluding carboxylic acids is 1.